The molecule has 2 fully saturated rings. The number of halogens is 1. The number of aromatic nitrogens is 2. The highest BCUT2D eigenvalue weighted by molar-refractivity contribution is 6.30. The largest absolute Gasteiger partial charge is 0.474 e. The second kappa shape index (κ2) is 7.65. The van der Waals surface area contributed by atoms with Crippen molar-refractivity contribution in [3.05, 3.63) is 69.7 Å². The van der Waals surface area contributed by atoms with Crippen LogP contribution in [0.4, 0.5) is 4.79 Å². The van der Waals surface area contributed by atoms with Crippen LogP contribution in [0.2, 0.25) is 5.02 Å². The lowest BCUT2D eigenvalue weighted by molar-refractivity contribution is 0.0903. The average Bonchev–Trinajstić information content (AvgIpc) is 3.12. The molecule has 0 bridgehead atoms. The highest BCUT2D eigenvalue weighted by Crippen LogP contribution is 2.27. The molecule has 2 aliphatic heterocycles. The SMILES string of the molecule is O=C1OC[C@@H]2C[C@@H](Oc3cc4c(=O)n(Cc5ccc(Cl)cc5)ccc4cn3)CCN12. The summed E-state index contributed by atoms with van der Waals surface area (Å²) in [5.41, 5.74) is 0.894. The minimum Gasteiger partial charge on any atom is -0.474 e. The fourth-order valence-corrected chi connectivity index (χ4v) is 4.20. The third-order valence-electron chi connectivity index (χ3n) is 5.69. The van der Waals surface area contributed by atoms with Gasteiger partial charge in [-0.25, -0.2) is 9.78 Å². The second-order valence-corrected chi connectivity index (χ2v) is 8.11. The first-order chi connectivity index (χ1) is 14.6. The number of benzene rings is 1. The average molecular weight is 426 g/mol. The molecule has 2 saturated heterocycles. The van der Waals surface area contributed by atoms with Gasteiger partial charge < -0.3 is 18.9 Å². The van der Waals surface area contributed by atoms with E-state index < -0.39 is 0 Å². The van der Waals surface area contributed by atoms with Crippen molar-refractivity contribution in [1.82, 2.24) is 14.5 Å². The number of nitrogens with zero attached hydrogens (tertiary/aromatic N) is 3. The number of rotatable bonds is 4. The number of hydrogen-bond donors (Lipinski definition) is 0. The first-order valence-electron chi connectivity index (χ1n) is 9.90. The van der Waals surface area contributed by atoms with Gasteiger partial charge in [-0.3, -0.25) is 4.79 Å². The van der Waals surface area contributed by atoms with E-state index in [0.29, 0.717) is 48.8 Å². The van der Waals surface area contributed by atoms with Gasteiger partial charge in [-0.2, -0.15) is 0 Å². The van der Waals surface area contributed by atoms with Crippen LogP contribution in [0.15, 0.2) is 53.6 Å². The van der Waals surface area contributed by atoms with Crippen molar-refractivity contribution >= 4 is 28.5 Å². The Labute approximate surface area is 177 Å². The number of carbonyl (C=O) groups excluding carboxylic acids is 1. The van der Waals surface area contributed by atoms with Gasteiger partial charge in [-0.15, -0.1) is 0 Å². The van der Waals surface area contributed by atoms with E-state index in [4.69, 9.17) is 21.1 Å². The molecule has 2 aliphatic rings. The third kappa shape index (κ3) is 3.61. The monoisotopic (exact) mass is 425 g/mol. The maximum atomic E-state index is 13.0. The van der Waals surface area contributed by atoms with Crippen LogP contribution in [-0.2, 0) is 11.3 Å². The Hall–Kier alpha value is -3.06. The van der Waals surface area contributed by atoms with E-state index in [2.05, 4.69) is 4.98 Å². The summed E-state index contributed by atoms with van der Waals surface area (Å²) in [5.74, 6) is 0.424. The van der Waals surface area contributed by atoms with Crippen LogP contribution in [0.5, 0.6) is 5.88 Å². The minimum absolute atomic E-state index is 0.0494. The molecule has 0 aliphatic carbocycles. The fourth-order valence-electron chi connectivity index (χ4n) is 4.07. The van der Waals surface area contributed by atoms with Gasteiger partial charge in [-0.1, -0.05) is 23.7 Å². The Kier molecular flexibility index (Phi) is 4.83. The van der Waals surface area contributed by atoms with Gasteiger partial charge in [0.25, 0.3) is 5.56 Å². The van der Waals surface area contributed by atoms with Crippen molar-refractivity contribution in [2.45, 2.75) is 31.5 Å². The van der Waals surface area contributed by atoms with Crippen molar-refractivity contribution < 1.29 is 14.3 Å². The summed E-state index contributed by atoms with van der Waals surface area (Å²) in [4.78, 5) is 30.8. The molecule has 0 spiro atoms. The number of cyclic esters (lactones) is 1. The summed E-state index contributed by atoms with van der Waals surface area (Å²) in [6.07, 6.45) is 4.53. The number of piperidine rings is 1. The fraction of sp³-hybridized carbons (Fsp3) is 0.318. The van der Waals surface area contributed by atoms with E-state index in [1.807, 2.05) is 30.3 Å². The molecule has 3 aromatic rings. The van der Waals surface area contributed by atoms with Crippen LogP contribution >= 0.6 is 11.6 Å². The zero-order valence-corrected chi connectivity index (χ0v) is 16.9. The smallest absolute Gasteiger partial charge is 0.410 e. The molecule has 0 radical (unpaired) electrons. The molecule has 2 atom stereocenters. The lowest BCUT2D eigenvalue weighted by Gasteiger charge is -2.32. The van der Waals surface area contributed by atoms with Gasteiger partial charge >= 0.3 is 6.09 Å². The van der Waals surface area contributed by atoms with Crippen LogP contribution in [0.1, 0.15) is 18.4 Å². The second-order valence-electron chi connectivity index (χ2n) is 7.67. The molecule has 1 amide bonds. The Bertz CT molecular complexity index is 1160. The van der Waals surface area contributed by atoms with Gasteiger partial charge in [0.1, 0.15) is 12.7 Å². The van der Waals surface area contributed by atoms with E-state index in [-0.39, 0.29) is 23.8 Å². The molecule has 0 saturated carbocycles. The Morgan fingerprint density at radius 1 is 1.20 bits per heavy atom. The predicted octanol–water partition coefficient (Wildman–Crippen LogP) is 3.46. The third-order valence-corrected chi connectivity index (χ3v) is 5.94. The zero-order chi connectivity index (χ0) is 20.7. The number of amides is 1. The molecule has 154 valence electrons. The Morgan fingerprint density at radius 2 is 2.03 bits per heavy atom. The lowest BCUT2D eigenvalue weighted by atomic mass is 10.0. The number of ether oxygens (including phenoxy) is 2. The quantitative estimate of drug-likeness (QED) is 0.640. The summed E-state index contributed by atoms with van der Waals surface area (Å²) in [6, 6.07) is 11.1. The van der Waals surface area contributed by atoms with Crippen molar-refractivity contribution in [2.24, 2.45) is 0 Å². The number of hydrogen-bond acceptors (Lipinski definition) is 5. The number of pyridine rings is 2. The van der Waals surface area contributed by atoms with E-state index in [9.17, 15) is 9.59 Å². The van der Waals surface area contributed by atoms with Gasteiger partial charge in [0.15, 0.2) is 0 Å². The topological polar surface area (TPSA) is 73.7 Å². The van der Waals surface area contributed by atoms with E-state index >= 15 is 0 Å². The maximum Gasteiger partial charge on any atom is 0.410 e. The van der Waals surface area contributed by atoms with Gasteiger partial charge in [0, 0.05) is 48.3 Å². The summed E-state index contributed by atoms with van der Waals surface area (Å²) in [5, 5.41) is 1.99. The molecule has 1 aromatic carbocycles. The molecule has 30 heavy (non-hydrogen) atoms. The molecule has 8 heteroatoms. The molecule has 7 nitrogen and oxygen atoms in total. The summed E-state index contributed by atoms with van der Waals surface area (Å²) in [7, 11) is 0. The number of fused-ring (bicyclic) bond motifs is 2. The van der Waals surface area contributed by atoms with Crippen molar-refractivity contribution in [2.75, 3.05) is 13.2 Å². The van der Waals surface area contributed by atoms with Gasteiger partial charge in [0.2, 0.25) is 5.88 Å². The molecule has 2 aromatic heterocycles. The number of carbonyl (C=O) groups is 1. The van der Waals surface area contributed by atoms with Crippen LogP contribution in [0.3, 0.4) is 0 Å². The van der Waals surface area contributed by atoms with Crippen molar-refractivity contribution in [1.29, 1.82) is 0 Å². The normalized spacial score (nSPS) is 20.8. The summed E-state index contributed by atoms with van der Waals surface area (Å²) in [6.45, 7) is 1.47. The van der Waals surface area contributed by atoms with E-state index in [1.54, 1.807) is 27.9 Å². The first-order valence-corrected chi connectivity index (χ1v) is 10.3. The summed E-state index contributed by atoms with van der Waals surface area (Å²) >= 11 is 5.94. The first kappa shape index (κ1) is 18.9. The molecule has 4 heterocycles. The van der Waals surface area contributed by atoms with Crippen LogP contribution in [-0.4, -0.2) is 45.8 Å². The highest BCUT2D eigenvalue weighted by Gasteiger charge is 2.39. The van der Waals surface area contributed by atoms with Gasteiger partial charge in [-0.05, 0) is 23.8 Å². The van der Waals surface area contributed by atoms with Crippen LogP contribution in [0, 0.1) is 0 Å². The standard InChI is InChI=1S/C22H20ClN3O4/c23-16-3-1-14(2-4-16)12-25-7-5-15-11-24-20(10-19(15)21(25)27)30-18-6-8-26-17(9-18)13-29-22(26)28/h1-5,7,10-11,17-18H,6,8-9,12-13H2/t17-,18-/m0/s1. The molecule has 0 unspecified atom stereocenters. The molecular formula is C22H20ClN3O4. The van der Waals surface area contributed by atoms with E-state index in [1.165, 1.54) is 0 Å². The Balaban J connectivity index is 1.37. The molecular weight excluding hydrogens is 406 g/mol. The molecule has 0 N–H and O–H groups in total. The van der Waals surface area contributed by atoms with E-state index in [0.717, 1.165) is 10.9 Å². The zero-order valence-electron chi connectivity index (χ0n) is 16.2. The summed E-state index contributed by atoms with van der Waals surface area (Å²) < 4.78 is 12.8. The van der Waals surface area contributed by atoms with Crippen LogP contribution < -0.4 is 10.3 Å². The predicted molar refractivity (Wildman–Crippen MR) is 112 cm³/mol. The molecule has 5 rings (SSSR count). The Morgan fingerprint density at radius 3 is 2.87 bits per heavy atom. The van der Waals surface area contributed by atoms with Crippen LogP contribution in [0.25, 0.3) is 10.8 Å². The maximum absolute atomic E-state index is 13.0. The lowest BCUT2D eigenvalue weighted by Crippen LogP contribution is -2.44. The van der Waals surface area contributed by atoms with Crippen molar-refractivity contribution in [3.63, 3.8) is 0 Å². The minimum atomic E-state index is -0.247. The highest BCUT2D eigenvalue weighted by atomic mass is 35.5. The van der Waals surface area contributed by atoms with Gasteiger partial charge in [0.05, 0.1) is 18.0 Å². The van der Waals surface area contributed by atoms with Crippen molar-refractivity contribution in [3.8, 4) is 5.88 Å².